The second kappa shape index (κ2) is 10.3. The molecule has 192 valence electrons. The number of aromatic nitrogens is 4. The molecule has 1 aromatic carbocycles. The third kappa shape index (κ3) is 4.75. The highest BCUT2D eigenvalue weighted by Gasteiger charge is 2.22. The number of aliphatic hydroxyl groups excluding tert-OH is 1. The Morgan fingerprint density at radius 1 is 1.05 bits per heavy atom. The molecule has 5 aromatic rings. The molecule has 0 aliphatic rings. The maximum absolute atomic E-state index is 13.5. The topological polar surface area (TPSA) is 111 Å². The van der Waals surface area contributed by atoms with Crippen LogP contribution >= 0.6 is 11.3 Å². The van der Waals surface area contributed by atoms with Gasteiger partial charge in [-0.05, 0) is 55.8 Å². The molecule has 0 atom stereocenters. The van der Waals surface area contributed by atoms with Crippen molar-refractivity contribution < 1.29 is 14.6 Å². The molecule has 0 bridgehead atoms. The molecular formula is C28H25FN6O2S. The largest absolute Gasteiger partial charge is 0.368 e. The van der Waals surface area contributed by atoms with Crippen LogP contribution in [0, 0.1) is 24.1 Å². The number of anilines is 2. The van der Waals surface area contributed by atoms with Crippen LogP contribution in [0.5, 0.6) is 0 Å². The van der Waals surface area contributed by atoms with Gasteiger partial charge in [-0.1, -0.05) is 24.3 Å². The Morgan fingerprint density at radius 2 is 1.79 bits per heavy atom. The zero-order chi connectivity index (χ0) is 27.0. The molecular weight excluding hydrogens is 503 g/mol. The fraction of sp³-hybridized carbons (Fsp3) is 0.214. The molecule has 8 nitrogen and oxygen atoms in total. The summed E-state index contributed by atoms with van der Waals surface area (Å²) >= 11 is 1.27. The number of aliphatic hydroxyl groups is 2. The van der Waals surface area contributed by atoms with E-state index in [9.17, 15) is 19.9 Å². The van der Waals surface area contributed by atoms with E-state index in [0.717, 1.165) is 34.0 Å². The van der Waals surface area contributed by atoms with Crippen LogP contribution in [0.2, 0.25) is 0 Å². The standard InChI is InChI=1S/C28H25FN6O2S/c1-4-22-27(34(3)28-33-26(23(14-30)38-28)17-5-8-19(29)9-6-17)35-15-18(7-12-24(35)32-22)21-11-10-20(13-25(36)37)31-16(21)2/h5-12,15,25,36-37H,4,13H2,1-3H3. The third-order valence-corrected chi connectivity index (χ3v) is 7.32. The fourth-order valence-electron chi connectivity index (χ4n) is 4.47. The molecule has 0 aliphatic carbocycles. The van der Waals surface area contributed by atoms with E-state index in [1.54, 1.807) is 18.2 Å². The van der Waals surface area contributed by atoms with Gasteiger partial charge in [-0.3, -0.25) is 9.38 Å². The van der Waals surface area contributed by atoms with E-state index in [1.807, 2.05) is 54.6 Å². The average Bonchev–Trinajstić information content (AvgIpc) is 3.50. The number of hydrogen-bond donors (Lipinski definition) is 2. The molecule has 0 amide bonds. The Morgan fingerprint density at radius 3 is 2.45 bits per heavy atom. The van der Waals surface area contributed by atoms with Gasteiger partial charge in [0.1, 0.15) is 33.9 Å². The fourth-order valence-corrected chi connectivity index (χ4v) is 5.32. The van der Waals surface area contributed by atoms with E-state index in [0.29, 0.717) is 33.4 Å². The van der Waals surface area contributed by atoms with E-state index in [4.69, 9.17) is 9.97 Å². The van der Waals surface area contributed by atoms with Crippen molar-refractivity contribution in [3.63, 3.8) is 0 Å². The molecule has 5 rings (SSSR count). The first-order valence-electron chi connectivity index (χ1n) is 12.0. The van der Waals surface area contributed by atoms with E-state index in [2.05, 4.69) is 11.1 Å². The molecule has 10 heteroatoms. The van der Waals surface area contributed by atoms with Gasteiger partial charge in [-0.25, -0.2) is 14.4 Å². The van der Waals surface area contributed by atoms with Crippen molar-refractivity contribution in [1.82, 2.24) is 19.4 Å². The quantitative estimate of drug-likeness (QED) is 0.285. The number of nitrogens with zero attached hydrogens (tertiary/aromatic N) is 6. The zero-order valence-electron chi connectivity index (χ0n) is 21.1. The Bertz CT molecular complexity index is 1670. The number of imidazole rings is 1. The van der Waals surface area contributed by atoms with E-state index in [-0.39, 0.29) is 12.2 Å². The van der Waals surface area contributed by atoms with Crippen molar-refractivity contribution in [3.8, 4) is 28.5 Å². The minimum Gasteiger partial charge on any atom is -0.368 e. The van der Waals surface area contributed by atoms with Crippen molar-refractivity contribution in [1.29, 1.82) is 5.26 Å². The molecule has 38 heavy (non-hydrogen) atoms. The van der Waals surface area contributed by atoms with Gasteiger partial charge < -0.3 is 15.1 Å². The summed E-state index contributed by atoms with van der Waals surface area (Å²) in [6.45, 7) is 3.93. The monoisotopic (exact) mass is 528 g/mol. The SMILES string of the molecule is CCc1nc2ccc(-c3ccc(CC(O)O)nc3C)cn2c1N(C)c1nc(-c2ccc(F)cc2)c(C#N)s1. The second-order valence-electron chi connectivity index (χ2n) is 8.85. The Kier molecular flexibility index (Phi) is 6.91. The first-order valence-corrected chi connectivity index (χ1v) is 12.8. The van der Waals surface area contributed by atoms with Gasteiger partial charge in [0.15, 0.2) is 11.4 Å². The maximum atomic E-state index is 13.5. The molecule has 0 aliphatic heterocycles. The number of nitriles is 1. The summed E-state index contributed by atoms with van der Waals surface area (Å²) in [5.41, 5.74) is 6.07. The molecule has 0 radical (unpaired) electrons. The lowest BCUT2D eigenvalue weighted by molar-refractivity contribution is -0.0388. The molecule has 0 saturated heterocycles. The maximum Gasteiger partial charge on any atom is 0.192 e. The molecule has 0 unspecified atom stereocenters. The minimum absolute atomic E-state index is 0.0644. The van der Waals surface area contributed by atoms with Gasteiger partial charge in [0, 0.05) is 47.7 Å². The summed E-state index contributed by atoms with van der Waals surface area (Å²) < 4.78 is 15.5. The number of aryl methyl sites for hydroxylation is 2. The predicted molar refractivity (Wildman–Crippen MR) is 145 cm³/mol. The number of halogens is 1. The van der Waals surface area contributed by atoms with Crippen LogP contribution < -0.4 is 4.90 Å². The normalized spacial score (nSPS) is 11.3. The number of pyridine rings is 2. The molecule has 0 spiro atoms. The number of hydrogen-bond acceptors (Lipinski definition) is 8. The second-order valence-corrected chi connectivity index (χ2v) is 9.83. The van der Waals surface area contributed by atoms with Crippen LogP contribution in [-0.2, 0) is 12.8 Å². The van der Waals surface area contributed by atoms with Crippen LogP contribution in [0.1, 0.15) is 28.9 Å². The summed E-state index contributed by atoms with van der Waals surface area (Å²) in [4.78, 5) is 16.5. The molecule has 2 N–H and O–H groups in total. The van der Waals surface area contributed by atoms with Crippen LogP contribution in [-0.4, -0.2) is 42.9 Å². The lowest BCUT2D eigenvalue weighted by atomic mass is 10.1. The molecule has 0 saturated carbocycles. The number of rotatable bonds is 7. The van der Waals surface area contributed by atoms with Crippen LogP contribution in [0.15, 0.2) is 54.7 Å². The van der Waals surface area contributed by atoms with Crippen LogP contribution in [0.3, 0.4) is 0 Å². The average molecular weight is 529 g/mol. The van der Waals surface area contributed by atoms with Gasteiger partial charge in [0.05, 0.1) is 5.69 Å². The lowest BCUT2D eigenvalue weighted by Gasteiger charge is -2.17. The molecule has 0 fully saturated rings. The smallest absolute Gasteiger partial charge is 0.192 e. The van der Waals surface area contributed by atoms with Gasteiger partial charge >= 0.3 is 0 Å². The number of benzene rings is 1. The summed E-state index contributed by atoms with van der Waals surface area (Å²) in [6.07, 6.45) is 1.31. The van der Waals surface area contributed by atoms with Gasteiger partial charge in [-0.15, -0.1) is 0 Å². The molecule has 4 heterocycles. The predicted octanol–water partition coefficient (Wildman–Crippen LogP) is 5.02. The summed E-state index contributed by atoms with van der Waals surface area (Å²) in [5.74, 6) is 0.485. The highest BCUT2D eigenvalue weighted by molar-refractivity contribution is 7.16. The first-order chi connectivity index (χ1) is 18.3. The van der Waals surface area contributed by atoms with Crippen molar-refractivity contribution in [2.45, 2.75) is 33.0 Å². The first kappa shape index (κ1) is 25.5. The number of thiazole rings is 1. The van der Waals surface area contributed by atoms with Crippen molar-refractivity contribution >= 4 is 27.9 Å². The number of fused-ring (bicyclic) bond motifs is 1. The van der Waals surface area contributed by atoms with Crippen molar-refractivity contribution in [2.75, 3.05) is 11.9 Å². The highest BCUT2D eigenvalue weighted by atomic mass is 32.1. The van der Waals surface area contributed by atoms with E-state index < -0.39 is 6.29 Å². The van der Waals surface area contributed by atoms with E-state index >= 15 is 0 Å². The van der Waals surface area contributed by atoms with Crippen molar-refractivity contribution in [2.24, 2.45) is 0 Å². The van der Waals surface area contributed by atoms with E-state index in [1.165, 1.54) is 23.5 Å². The van der Waals surface area contributed by atoms with Crippen molar-refractivity contribution in [3.05, 3.63) is 82.5 Å². The summed E-state index contributed by atoms with van der Waals surface area (Å²) in [5, 5.41) is 28.9. The third-order valence-electron chi connectivity index (χ3n) is 6.28. The van der Waals surface area contributed by atoms with Gasteiger partial charge in [0.2, 0.25) is 0 Å². The van der Waals surface area contributed by atoms with Crippen LogP contribution in [0.4, 0.5) is 15.3 Å². The summed E-state index contributed by atoms with van der Waals surface area (Å²) in [6, 6.07) is 15.8. The zero-order valence-corrected chi connectivity index (χ0v) is 21.9. The highest BCUT2D eigenvalue weighted by Crippen LogP contribution is 2.37. The summed E-state index contributed by atoms with van der Waals surface area (Å²) in [7, 11) is 1.89. The minimum atomic E-state index is -1.45. The lowest BCUT2D eigenvalue weighted by Crippen LogP contribution is -2.13. The Balaban J connectivity index is 1.58. The van der Waals surface area contributed by atoms with Crippen LogP contribution in [0.25, 0.3) is 28.0 Å². The van der Waals surface area contributed by atoms with Gasteiger partial charge in [0.25, 0.3) is 0 Å². The Labute approximate surface area is 222 Å². The van der Waals surface area contributed by atoms with Gasteiger partial charge in [-0.2, -0.15) is 5.26 Å². The Hall–Kier alpha value is -4.17. The molecule has 4 aromatic heterocycles.